The van der Waals surface area contributed by atoms with Gasteiger partial charge in [0, 0.05) is 5.92 Å². The van der Waals surface area contributed by atoms with E-state index in [1.165, 1.54) is 0 Å². The SMILES string of the molecule is CCC(C)CC(NC(=O)C(F)(F)CNC(=O)OCC1c2ccccc2-c2ccccc21)C(=O)O. The minimum absolute atomic E-state index is 0.0213. The number of alkyl halides is 2. The number of hydrogen-bond acceptors (Lipinski definition) is 4. The lowest BCUT2D eigenvalue weighted by Crippen LogP contribution is -2.53. The molecule has 0 heterocycles. The molecule has 2 aromatic rings. The predicted octanol–water partition coefficient (Wildman–Crippen LogP) is 4.17. The number of rotatable bonds is 10. The molecule has 0 fully saturated rings. The molecular formula is C25H28F2N2O5. The monoisotopic (exact) mass is 474 g/mol. The van der Waals surface area contributed by atoms with Crippen molar-refractivity contribution in [1.29, 1.82) is 0 Å². The van der Waals surface area contributed by atoms with Gasteiger partial charge in [-0.3, -0.25) is 4.79 Å². The Morgan fingerprint density at radius 1 is 1.06 bits per heavy atom. The molecule has 2 amide bonds. The van der Waals surface area contributed by atoms with Crippen LogP contribution in [0.4, 0.5) is 13.6 Å². The number of ether oxygens (including phenoxy) is 1. The minimum Gasteiger partial charge on any atom is -0.480 e. The first-order valence-electron chi connectivity index (χ1n) is 11.1. The van der Waals surface area contributed by atoms with E-state index in [4.69, 9.17) is 4.74 Å². The molecule has 0 radical (unpaired) electrons. The topological polar surface area (TPSA) is 105 Å². The number of alkyl carbamates (subject to hydrolysis) is 1. The first-order chi connectivity index (χ1) is 16.1. The number of carbonyl (C=O) groups is 3. The summed E-state index contributed by atoms with van der Waals surface area (Å²) in [5, 5.41) is 13.0. The second kappa shape index (κ2) is 10.6. The first kappa shape index (κ1) is 25.1. The summed E-state index contributed by atoms with van der Waals surface area (Å²) < 4.78 is 33.8. The summed E-state index contributed by atoms with van der Waals surface area (Å²) in [6.07, 6.45) is -0.434. The number of fused-ring (bicyclic) bond motifs is 3. The Morgan fingerprint density at radius 3 is 2.15 bits per heavy atom. The second-order valence-corrected chi connectivity index (χ2v) is 8.50. The molecule has 7 nitrogen and oxygen atoms in total. The highest BCUT2D eigenvalue weighted by Gasteiger charge is 2.41. The fourth-order valence-electron chi connectivity index (χ4n) is 3.97. The van der Waals surface area contributed by atoms with Crippen LogP contribution in [-0.2, 0) is 14.3 Å². The van der Waals surface area contributed by atoms with E-state index < -0.39 is 36.5 Å². The minimum atomic E-state index is -4.01. The number of carbonyl (C=O) groups excluding carboxylic acids is 2. The van der Waals surface area contributed by atoms with Gasteiger partial charge < -0.3 is 20.5 Å². The van der Waals surface area contributed by atoms with Gasteiger partial charge in [-0.05, 0) is 34.6 Å². The molecule has 2 unspecified atom stereocenters. The molecule has 2 atom stereocenters. The average Bonchev–Trinajstić information content (AvgIpc) is 3.14. The third kappa shape index (κ3) is 5.70. The van der Waals surface area contributed by atoms with Crippen molar-refractivity contribution in [3.8, 4) is 11.1 Å². The normalized spacial score (nSPS) is 14.5. The van der Waals surface area contributed by atoms with E-state index in [2.05, 4.69) is 0 Å². The van der Waals surface area contributed by atoms with Crippen LogP contribution in [0.15, 0.2) is 48.5 Å². The van der Waals surface area contributed by atoms with E-state index in [0.717, 1.165) is 22.3 Å². The standard InChI is InChI=1S/C25H28F2N2O5/c1-3-15(2)12-21(22(30)31)29-23(32)25(26,27)14-28-24(33)34-13-20-18-10-6-4-8-16(18)17-9-5-7-11-19(17)20/h4-11,15,20-21H,3,12-14H2,1-2H3,(H,28,33)(H,29,32)(H,30,31). The van der Waals surface area contributed by atoms with Gasteiger partial charge in [-0.25, -0.2) is 9.59 Å². The Bertz CT molecular complexity index is 1010. The summed E-state index contributed by atoms with van der Waals surface area (Å²) in [7, 11) is 0. The van der Waals surface area contributed by atoms with Crippen LogP contribution in [0.2, 0.25) is 0 Å². The van der Waals surface area contributed by atoms with Crippen LogP contribution in [0.25, 0.3) is 11.1 Å². The van der Waals surface area contributed by atoms with E-state index in [-0.39, 0.29) is 24.9 Å². The van der Waals surface area contributed by atoms with Gasteiger partial charge in [-0.15, -0.1) is 0 Å². The first-order valence-corrected chi connectivity index (χ1v) is 11.1. The van der Waals surface area contributed by atoms with Crippen molar-refractivity contribution in [3.63, 3.8) is 0 Å². The van der Waals surface area contributed by atoms with Gasteiger partial charge in [-0.2, -0.15) is 8.78 Å². The molecule has 9 heteroatoms. The summed E-state index contributed by atoms with van der Waals surface area (Å²) in [5.41, 5.74) is 4.01. The number of benzene rings is 2. The van der Waals surface area contributed by atoms with Gasteiger partial charge >= 0.3 is 18.0 Å². The summed E-state index contributed by atoms with van der Waals surface area (Å²) in [4.78, 5) is 35.4. The Labute approximate surface area is 196 Å². The lowest BCUT2D eigenvalue weighted by molar-refractivity contribution is -0.151. The molecule has 1 aliphatic carbocycles. The van der Waals surface area contributed by atoms with Crippen molar-refractivity contribution in [2.45, 2.75) is 44.6 Å². The summed E-state index contributed by atoms with van der Waals surface area (Å²) in [6.45, 7) is 2.22. The Kier molecular flexibility index (Phi) is 7.86. The molecule has 0 spiro atoms. The third-order valence-electron chi connectivity index (χ3n) is 6.07. The number of carboxylic acid groups (broad SMARTS) is 1. The number of aliphatic carboxylic acids is 1. The smallest absolute Gasteiger partial charge is 0.407 e. The Hall–Kier alpha value is -3.49. The molecule has 0 saturated carbocycles. The van der Waals surface area contributed by atoms with Crippen LogP contribution >= 0.6 is 0 Å². The van der Waals surface area contributed by atoms with Gasteiger partial charge in [0.1, 0.15) is 12.6 Å². The highest BCUT2D eigenvalue weighted by atomic mass is 19.3. The lowest BCUT2D eigenvalue weighted by Gasteiger charge is -2.22. The van der Waals surface area contributed by atoms with Gasteiger partial charge in [0.05, 0.1) is 6.54 Å². The molecule has 2 aromatic carbocycles. The van der Waals surface area contributed by atoms with Crippen LogP contribution < -0.4 is 10.6 Å². The van der Waals surface area contributed by atoms with Gasteiger partial charge in [0.2, 0.25) is 0 Å². The van der Waals surface area contributed by atoms with E-state index in [9.17, 15) is 28.3 Å². The zero-order chi connectivity index (χ0) is 24.9. The number of halogens is 2. The maximum absolute atomic E-state index is 14.3. The molecule has 34 heavy (non-hydrogen) atoms. The highest BCUT2D eigenvalue weighted by molar-refractivity contribution is 5.88. The van der Waals surface area contributed by atoms with Gasteiger partial charge in [-0.1, -0.05) is 68.8 Å². The van der Waals surface area contributed by atoms with E-state index >= 15 is 0 Å². The van der Waals surface area contributed by atoms with E-state index in [0.29, 0.717) is 6.42 Å². The largest absolute Gasteiger partial charge is 0.480 e. The third-order valence-corrected chi connectivity index (χ3v) is 6.07. The maximum Gasteiger partial charge on any atom is 0.407 e. The number of nitrogens with one attached hydrogen (secondary N) is 2. The molecule has 0 aliphatic heterocycles. The maximum atomic E-state index is 14.3. The summed E-state index contributed by atoms with van der Waals surface area (Å²) >= 11 is 0. The molecule has 3 N–H and O–H groups in total. The molecule has 0 bridgehead atoms. The van der Waals surface area contributed by atoms with Crippen LogP contribution in [0, 0.1) is 5.92 Å². The van der Waals surface area contributed by atoms with E-state index in [1.54, 1.807) is 6.92 Å². The molecule has 3 rings (SSSR count). The number of carboxylic acids is 1. The Balaban J connectivity index is 1.55. The second-order valence-electron chi connectivity index (χ2n) is 8.50. The quantitative estimate of drug-likeness (QED) is 0.480. The van der Waals surface area contributed by atoms with Gasteiger partial charge in [0.15, 0.2) is 0 Å². The number of amides is 2. The molecule has 0 saturated heterocycles. The zero-order valence-electron chi connectivity index (χ0n) is 19.0. The van der Waals surface area contributed by atoms with Crippen LogP contribution in [0.1, 0.15) is 43.7 Å². The average molecular weight is 475 g/mol. The van der Waals surface area contributed by atoms with Crippen LogP contribution in [0.5, 0.6) is 0 Å². The van der Waals surface area contributed by atoms with Crippen molar-refractivity contribution in [1.82, 2.24) is 10.6 Å². The predicted molar refractivity (Wildman–Crippen MR) is 122 cm³/mol. The fourth-order valence-corrected chi connectivity index (χ4v) is 3.97. The molecule has 1 aliphatic rings. The summed E-state index contributed by atoms with van der Waals surface area (Å²) in [5.74, 6) is -7.47. The van der Waals surface area contributed by atoms with Crippen molar-refractivity contribution in [2.75, 3.05) is 13.2 Å². The summed E-state index contributed by atoms with van der Waals surface area (Å²) in [6, 6.07) is 13.9. The Morgan fingerprint density at radius 2 is 1.62 bits per heavy atom. The van der Waals surface area contributed by atoms with Crippen LogP contribution in [0.3, 0.4) is 0 Å². The zero-order valence-corrected chi connectivity index (χ0v) is 19.0. The lowest BCUT2D eigenvalue weighted by atomic mass is 9.98. The van der Waals surface area contributed by atoms with Crippen molar-refractivity contribution in [3.05, 3.63) is 59.7 Å². The van der Waals surface area contributed by atoms with Crippen molar-refractivity contribution < 1.29 is 33.0 Å². The van der Waals surface area contributed by atoms with Crippen molar-refractivity contribution in [2.24, 2.45) is 5.92 Å². The van der Waals surface area contributed by atoms with Gasteiger partial charge in [0.25, 0.3) is 5.91 Å². The molecule has 0 aromatic heterocycles. The van der Waals surface area contributed by atoms with Crippen LogP contribution in [-0.4, -0.2) is 48.2 Å². The highest BCUT2D eigenvalue weighted by Crippen LogP contribution is 2.44. The fraction of sp³-hybridized carbons (Fsp3) is 0.400. The molecule has 182 valence electrons. The van der Waals surface area contributed by atoms with E-state index in [1.807, 2.05) is 66.1 Å². The molecular weight excluding hydrogens is 446 g/mol. The van der Waals surface area contributed by atoms with Crippen molar-refractivity contribution >= 4 is 18.0 Å². The number of hydrogen-bond donors (Lipinski definition) is 3.